The van der Waals surface area contributed by atoms with Crippen LogP contribution in [-0.2, 0) is 13.0 Å². The number of aromatic nitrogens is 4. The number of amides is 1. The Balaban J connectivity index is 1.55. The normalized spacial score (nSPS) is 13.8. The van der Waals surface area contributed by atoms with Gasteiger partial charge in [0.1, 0.15) is 18.0 Å². The van der Waals surface area contributed by atoms with Crippen LogP contribution in [0.1, 0.15) is 35.4 Å². The highest BCUT2D eigenvalue weighted by atomic mass is 19.1. The molecule has 0 radical (unpaired) electrons. The summed E-state index contributed by atoms with van der Waals surface area (Å²) in [5.74, 6) is 0.149. The maximum atomic E-state index is 13.4. The van der Waals surface area contributed by atoms with E-state index in [1.807, 2.05) is 24.3 Å². The monoisotopic (exact) mass is 389 g/mol. The van der Waals surface area contributed by atoms with E-state index in [1.54, 1.807) is 23.1 Å². The van der Waals surface area contributed by atoms with E-state index < -0.39 is 0 Å². The van der Waals surface area contributed by atoms with Crippen LogP contribution in [-0.4, -0.2) is 25.1 Å². The average Bonchev–Trinajstić information content (AvgIpc) is 3.21. The van der Waals surface area contributed by atoms with Crippen molar-refractivity contribution in [3.8, 4) is 11.4 Å². The fourth-order valence-electron chi connectivity index (χ4n) is 3.93. The SMILES string of the molecule is O=C(Nn1cnc2ccccc21)c1nc(-c2ccc(F)cc2)n2c1CCCCC2. The number of halogens is 1. The molecule has 0 bridgehead atoms. The van der Waals surface area contributed by atoms with Gasteiger partial charge < -0.3 is 4.57 Å². The number of hydrogen-bond acceptors (Lipinski definition) is 3. The molecule has 1 N–H and O–H groups in total. The van der Waals surface area contributed by atoms with E-state index in [2.05, 4.69) is 20.0 Å². The van der Waals surface area contributed by atoms with Crippen molar-refractivity contribution in [2.75, 3.05) is 5.43 Å². The largest absolute Gasteiger partial charge is 0.327 e. The average molecular weight is 389 g/mol. The zero-order valence-electron chi connectivity index (χ0n) is 15.8. The quantitative estimate of drug-likeness (QED) is 0.573. The standard InChI is InChI=1S/C22H20FN5O/c23-16-11-9-15(10-12-16)21-25-20(19-8-2-1-5-13-27(19)21)22(29)26-28-14-24-17-6-3-4-7-18(17)28/h3-4,6-7,9-12,14H,1-2,5,8,13H2,(H,26,29). The zero-order chi connectivity index (χ0) is 19.8. The number of rotatable bonds is 3. The Hall–Kier alpha value is -3.48. The third-order valence-electron chi connectivity index (χ3n) is 5.36. The van der Waals surface area contributed by atoms with E-state index in [-0.39, 0.29) is 11.7 Å². The second-order valence-corrected chi connectivity index (χ2v) is 7.24. The van der Waals surface area contributed by atoms with Gasteiger partial charge in [-0.15, -0.1) is 0 Å². The Morgan fingerprint density at radius 3 is 2.72 bits per heavy atom. The van der Waals surface area contributed by atoms with E-state index in [0.717, 1.165) is 54.5 Å². The Labute approximate surface area is 167 Å². The van der Waals surface area contributed by atoms with Crippen LogP contribution in [0.25, 0.3) is 22.4 Å². The van der Waals surface area contributed by atoms with Gasteiger partial charge in [0, 0.05) is 12.1 Å². The molecular formula is C22H20FN5O. The number of benzene rings is 2. The fourth-order valence-corrected chi connectivity index (χ4v) is 3.93. The lowest BCUT2D eigenvalue weighted by molar-refractivity contribution is 0.100. The summed E-state index contributed by atoms with van der Waals surface area (Å²) >= 11 is 0. The minimum atomic E-state index is -0.290. The number of carbonyl (C=O) groups is 1. The second kappa shape index (κ2) is 7.16. The van der Waals surface area contributed by atoms with Crippen LogP contribution in [0.5, 0.6) is 0 Å². The fraction of sp³-hybridized carbons (Fsp3) is 0.227. The summed E-state index contributed by atoms with van der Waals surface area (Å²) in [6, 6.07) is 13.9. The summed E-state index contributed by atoms with van der Waals surface area (Å²) < 4.78 is 17.1. The zero-order valence-corrected chi connectivity index (χ0v) is 15.8. The number of fused-ring (bicyclic) bond motifs is 2. The maximum Gasteiger partial charge on any atom is 0.290 e. The third-order valence-corrected chi connectivity index (χ3v) is 5.36. The molecule has 1 amide bonds. The summed E-state index contributed by atoms with van der Waals surface area (Å²) in [5.41, 5.74) is 6.70. The molecule has 0 saturated heterocycles. The summed E-state index contributed by atoms with van der Waals surface area (Å²) in [7, 11) is 0. The van der Waals surface area contributed by atoms with Crippen LogP contribution >= 0.6 is 0 Å². The van der Waals surface area contributed by atoms with Crippen LogP contribution in [0.4, 0.5) is 4.39 Å². The molecule has 7 heteroatoms. The molecule has 0 fully saturated rings. The number of nitrogens with one attached hydrogen (secondary N) is 1. The van der Waals surface area contributed by atoms with Gasteiger partial charge in [0.15, 0.2) is 5.69 Å². The second-order valence-electron chi connectivity index (χ2n) is 7.24. The molecule has 0 aliphatic carbocycles. The van der Waals surface area contributed by atoms with Gasteiger partial charge in [-0.25, -0.2) is 19.0 Å². The molecule has 0 spiro atoms. The highest BCUT2D eigenvalue weighted by molar-refractivity contribution is 6.00. The Morgan fingerprint density at radius 1 is 1.03 bits per heavy atom. The number of carbonyl (C=O) groups excluding carboxylic acids is 1. The van der Waals surface area contributed by atoms with Crippen LogP contribution in [0.2, 0.25) is 0 Å². The molecule has 2 aromatic heterocycles. The molecule has 2 aromatic carbocycles. The first-order valence-corrected chi connectivity index (χ1v) is 9.79. The van der Waals surface area contributed by atoms with Crippen molar-refractivity contribution in [2.24, 2.45) is 0 Å². The first kappa shape index (κ1) is 17.6. The van der Waals surface area contributed by atoms with Gasteiger partial charge in [-0.3, -0.25) is 10.2 Å². The molecule has 1 aliphatic rings. The van der Waals surface area contributed by atoms with Crippen LogP contribution in [0, 0.1) is 5.82 Å². The summed E-state index contributed by atoms with van der Waals surface area (Å²) in [6.45, 7) is 0.802. The first-order chi connectivity index (χ1) is 14.2. The first-order valence-electron chi connectivity index (χ1n) is 9.79. The van der Waals surface area contributed by atoms with Gasteiger partial charge in [-0.05, 0) is 55.7 Å². The molecule has 0 unspecified atom stereocenters. The Morgan fingerprint density at radius 2 is 1.86 bits per heavy atom. The van der Waals surface area contributed by atoms with Crippen molar-refractivity contribution >= 4 is 16.9 Å². The van der Waals surface area contributed by atoms with Crippen molar-refractivity contribution in [3.63, 3.8) is 0 Å². The lowest BCUT2D eigenvalue weighted by Gasteiger charge is -2.09. The smallest absolute Gasteiger partial charge is 0.290 e. The van der Waals surface area contributed by atoms with Gasteiger partial charge in [-0.2, -0.15) is 0 Å². The van der Waals surface area contributed by atoms with Crippen molar-refractivity contribution < 1.29 is 9.18 Å². The molecular weight excluding hydrogens is 369 g/mol. The predicted octanol–water partition coefficient (Wildman–Crippen LogP) is 4.15. The van der Waals surface area contributed by atoms with E-state index in [9.17, 15) is 9.18 Å². The van der Waals surface area contributed by atoms with E-state index in [1.165, 1.54) is 12.1 Å². The Kier molecular flexibility index (Phi) is 4.35. The summed E-state index contributed by atoms with van der Waals surface area (Å²) in [6.07, 6.45) is 5.55. The minimum absolute atomic E-state index is 0.271. The number of hydrogen-bond donors (Lipinski definition) is 1. The molecule has 29 heavy (non-hydrogen) atoms. The van der Waals surface area contributed by atoms with E-state index in [4.69, 9.17) is 0 Å². The molecule has 1 aliphatic heterocycles. The van der Waals surface area contributed by atoms with Crippen LogP contribution in [0.3, 0.4) is 0 Å². The Bertz CT molecular complexity index is 1190. The van der Waals surface area contributed by atoms with Gasteiger partial charge in [0.2, 0.25) is 0 Å². The van der Waals surface area contributed by atoms with Gasteiger partial charge in [0.05, 0.1) is 16.7 Å². The van der Waals surface area contributed by atoms with Crippen molar-refractivity contribution in [1.82, 2.24) is 19.2 Å². The third kappa shape index (κ3) is 3.18. The molecule has 6 nitrogen and oxygen atoms in total. The summed E-state index contributed by atoms with van der Waals surface area (Å²) in [5, 5.41) is 0. The maximum absolute atomic E-state index is 13.4. The van der Waals surface area contributed by atoms with Gasteiger partial charge in [0.25, 0.3) is 5.91 Å². The van der Waals surface area contributed by atoms with Crippen molar-refractivity contribution in [2.45, 2.75) is 32.2 Å². The number of para-hydroxylation sites is 2. The highest BCUT2D eigenvalue weighted by Crippen LogP contribution is 2.27. The highest BCUT2D eigenvalue weighted by Gasteiger charge is 2.24. The lowest BCUT2D eigenvalue weighted by atomic mass is 10.1. The van der Waals surface area contributed by atoms with Crippen molar-refractivity contribution in [1.29, 1.82) is 0 Å². The van der Waals surface area contributed by atoms with Crippen LogP contribution in [0.15, 0.2) is 54.9 Å². The van der Waals surface area contributed by atoms with Gasteiger partial charge in [-0.1, -0.05) is 18.6 Å². The lowest BCUT2D eigenvalue weighted by Crippen LogP contribution is -2.23. The number of nitrogens with zero attached hydrogens (tertiary/aromatic N) is 4. The van der Waals surface area contributed by atoms with E-state index >= 15 is 0 Å². The molecule has 5 rings (SSSR count). The van der Waals surface area contributed by atoms with Crippen molar-refractivity contribution in [3.05, 3.63) is 72.1 Å². The van der Waals surface area contributed by atoms with E-state index in [0.29, 0.717) is 11.5 Å². The number of imidazole rings is 2. The molecule has 0 saturated carbocycles. The summed E-state index contributed by atoms with van der Waals surface area (Å²) in [4.78, 5) is 22.1. The molecule has 3 heterocycles. The molecule has 0 atom stereocenters. The topological polar surface area (TPSA) is 64.7 Å². The van der Waals surface area contributed by atoms with Crippen LogP contribution < -0.4 is 5.43 Å². The van der Waals surface area contributed by atoms with Gasteiger partial charge >= 0.3 is 0 Å². The minimum Gasteiger partial charge on any atom is -0.327 e. The predicted molar refractivity (Wildman–Crippen MR) is 109 cm³/mol. The molecule has 146 valence electrons. The molecule has 4 aromatic rings.